The van der Waals surface area contributed by atoms with E-state index in [1.165, 1.54) is 37.7 Å². The third-order valence-electron chi connectivity index (χ3n) is 7.77. The molecule has 0 radical (unpaired) electrons. The average molecular weight is 516 g/mol. The van der Waals surface area contributed by atoms with Gasteiger partial charge in [0.25, 0.3) is 0 Å². The van der Waals surface area contributed by atoms with E-state index in [1.807, 2.05) is 36.4 Å². The van der Waals surface area contributed by atoms with Crippen LogP contribution in [-0.4, -0.2) is 34.7 Å². The maximum atomic E-state index is 6.10. The molecule has 1 aromatic heterocycles. The van der Waals surface area contributed by atoms with E-state index in [9.17, 15) is 0 Å². The minimum Gasteiger partial charge on any atom is -0.439 e. The minimum absolute atomic E-state index is 0.0973. The zero-order valence-electron chi connectivity index (χ0n) is 21.7. The first kappa shape index (κ1) is 25.5. The molecule has 1 aliphatic heterocycles. The summed E-state index contributed by atoms with van der Waals surface area (Å²) < 4.78 is 6.10. The van der Waals surface area contributed by atoms with Crippen molar-refractivity contribution in [2.45, 2.75) is 57.3 Å². The fraction of sp³-hybridized carbons (Fsp3) is 0.433. The summed E-state index contributed by atoms with van der Waals surface area (Å²) in [6.45, 7) is 5.06. The summed E-state index contributed by atoms with van der Waals surface area (Å²) in [5.74, 6) is 3.31. The van der Waals surface area contributed by atoms with Gasteiger partial charge in [0.1, 0.15) is 11.6 Å². The maximum absolute atomic E-state index is 6.10. The summed E-state index contributed by atoms with van der Waals surface area (Å²) in [4.78, 5) is 11.8. The van der Waals surface area contributed by atoms with E-state index in [0.29, 0.717) is 16.9 Å². The van der Waals surface area contributed by atoms with Gasteiger partial charge < -0.3 is 20.3 Å². The number of aromatic nitrogens is 2. The molecule has 2 heterocycles. The number of hydrogen-bond donors (Lipinski definition) is 2. The molecule has 3 aromatic rings. The van der Waals surface area contributed by atoms with Crippen LogP contribution in [0.1, 0.15) is 57.4 Å². The van der Waals surface area contributed by atoms with Crippen LogP contribution in [0, 0.1) is 5.92 Å². The molecule has 0 amide bonds. The highest BCUT2D eigenvalue weighted by Gasteiger charge is 2.33. The van der Waals surface area contributed by atoms with Crippen molar-refractivity contribution in [3.05, 3.63) is 72.3 Å². The number of piperidine rings is 1. The van der Waals surface area contributed by atoms with E-state index in [2.05, 4.69) is 57.8 Å². The van der Waals surface area contributed by atoms with Crippen LogP contribution in [0.5, 0.6) is 11.6 Å². The van der Waals surface area contributed by atoms with Gasteiger partial charge in [-0.3, -0.25) is 0 Å². The summed E-state index contributed by atoms with van der Waals surface area (Å²) in [6, 6.07) is 22.5. The summed E-state index contributed by atoms with van der Waals surface area (Å²) in [5, 5.41) is 7.29. The Hall–Kier alpha value is -3.19. The summed E-state index contributed by atoms with van der Waals surface area (Å²) in [6.07, 6.45) is 8.44. The normalized spacial score (nSPS) is 17.7. The standard InChI is InChI=1S/C30H37N5OS/c1-23-15-19-35(20-16-23)26-21-27(36-25-13-7-3-8-14-25)33-28(32-26)34-29(37)31-22-30(17-9-4-10-18-30)24-11-5-2-6-12-24/h2-3,5-8,11-14,21,23H,4,9-10,15-20,22H2,1H3,(H2,31,32,33,34,37). The molecule has 37 heavy (non-hydrogen) atoms. The predicted molar refractivity (Wildman–Crippen MR) is 155 cm³/mol. The highest BCUT2D eigenvalue weighted by atomic mass is 32.1. The van der Waals surface area contributed by atoms with Crippen LogP contribution in [0.2, 0.25) is 0 Å². The number of rotatable bonds is 7. The number of thiocarbonyl (C=S) groups is 1. The number of nitrogens with one attached hydrogen (secondary N) is 2. The van der Waals surface area contributed by atoms with Gasteiger partial charge >= 0.3 is 0 Å². The number of anilines is 2. The second-order valence-corrected chi connectivity index (χ2v) is 10.9. The van der Waals surface area contributed by atoms with Crippen LogP contribution in [0.3, 0.4) is 0 Å². The van der Waals surface area contributed by atoms with Gasteiger partial charge in [-0.2, -0.15) is 9.97 Å². The van der Waals surface area contributed by atoms with E-state index < -0.39 is 0 Å². The maximum Gasteiger partial charge on any atom is 0.234 e. The molecule has 194 valence electrons. The molecule has 7 heteroatoms. The average Bonchev–Trinajstić information content (AvgIpc) is 2.94. The number of ether oxygens (including phenoxy) is 1. The lowest BCUT2D eigenvalue weighted by Crippen LogP contribution is -2.43. The molecule has 2 N–H and O–H groups in total. The molecular weight excluding hydrogens is 478 g/mol. The van der Waals surface area contributed by atoms with Crippen LogP contribution in [0.4, 0.5) is 11.8 Å². The topological polar surface area (TPSA) is 62.3 Å². The van der Waals surface area contributed by atoms with Crippen LogP contribution < -0.4 is 20.3 Å². The van der Waals surface area contributed by atoms with Crippen molar-refractivity contribution >= 4 is 29.1 Å². The molecule has 0 spiro atoms. The summed E-state index contributed by atoms with van der Waals surface area (Å²) in [5.41, 5.74) is 1.49. The van der Waals surface area contributed by atoms with E-state index >= 15 is 0 Å². The van der Waals surface area contributed by atoms with Gasteiger partial charge in [-0.15, -0.1) is 0 Å². The molecule has 0 bridgehead atoms. The smallest absolute Gasteiger partial charge is 0.234 e. The lowest BCUT2D eigenvalue weighted by atomic mass is 9.69. The molecule has 0 atom stereocenters. The summed E-state index contributed by atoms with van der Waals surface area (Å²) in [7, 11) is 0. The third kappa shape index (κ3) is 6.58. The Balaban J connectivity index is 1.32. The SMILES string of the molecule is CC1CCN(c2cc(Oc3ccccc3)nc(NC(=S)NCC3(c4ccccc4)CCCCC3)n2)CC1. The molecule has 1 aliphatic carbocycles. The lowest BCUT2D eigenvalue weighted by Gasteiger charge is -2.38. The first-order chi connectivity index (χ1) is 18.1. The van der Waals surface area contributed by atoms with Gasteiger partial charge in [-0.1, -0.05) is 74.7 Å². The van der Waals surface area contributed by atoms with Crippen molar-refractivity contribution in [3.8, 4) is 11.6 Å². The van der Waals surface area contributed by atoms with Crippen molar-refractivity contribution < 1.29 is 4.74 Å². The van der Waals surface area contributed by atoms with Gasteiger partial charge in [0.05, 0.1) is 0 Å². The lowest BCUT2D eigenvalue weighted by molar-refractivity contribution is 0.292. The van der Waals surface area contributed by atoms with Gasteiger partial charge in [0.2, 0.25) is 11.8 Å². The van der Waals surface area contributed by atoms with Crippen LogP contribution in [0.15, 0.2) is 66.7 Å². The molecule has 2 aromatic carbocycles. The minimum atomic E-state index is 0.0973. The van der Waals surface area contributed by atoms with Crippen molar-refractivity contribution in [1.29, 1.82) is 0 Å². The molecular formula is C30H37N5OS. The molecule has 5 rings (SSSR count). The Bertz CT molecular complexity index is 1160. The number of hydrogen-bond acceptors (Lipinski definition) is 5. The Kier molecular flexibility index (Phi) is 8.19. The second kappa shape index (κ2) is 11.9. The van der Waals surface area contributed by atoms with Gasteiger partial charge in [0, 0.05) is 31.1 Å². The summed E-state index contributed by atoms with van der Waals surface area (Å²) >= 11 is 5.74. The van der Waals surface area contributed by atoms with Crippen molar-refractivity contribution in [2.75, 3.05) is 29.9 Å². The Morgan fingerprint density at radius 3 is 2.35 bits per heavy atom. The Morgan fingerprint density at radius 1 is 0.973 bits per heavy atom. The molecule has 2 aliphatic rings. The number of benzene rings is 2. The number of nitrogens with zero attached hydrogens (tertiary/aromatic N) is 3. The van der Waals surface area contributed by atoms with Crippen LogP contribution in [-0.2, 0) is 5.41 Å². The fourth-order valence-electron chi connectivity index (χ4n) is 5.51. The van der Waals surface area contributed by atoms with E-state index in [4.69, 9.17) is 21.9 Å². The molecule has 1 saturated carbocycles. The Labute approximate surface area is 225 Å². The van der Waals surface area contributed by atoms with E-state index in [0.717, 1.165) is 50.0 Å². The third-order valence-corrected chi connectivity index (χ3v) is 8.02. The highest BCUT2D eigenvalue weighted by molar-refractivity contribution is 7.80. The molecule has 0 unspecified atom stereocenters. The second-order valence-electron chi connectivity index (χ2n) is 10.5. The quantitative estimate of drug-likeness (QED) is 0.340. The highest BCUT2D eigenvalue weighted by Crippen LogP contribution is 2.39. The van der Waals surface area contributed by atoms with Crippen molar-refractivity contribution in [3.63, 3.8) is 0 Å². The van der Waals surface area contributed by atoms with E-state index in [-0.39, 0.29) is 5.41 Å². The van der Waals surface area contributed by atoms with Gasteiger partial charge in [-0.05, 0) is 61.5 Å². The molecule has 1 saturated heterocycles. The fourth-order valence-corrected chi connectivity index (χ4v) is 5.68. The first-order valence-corrected chi connectivity index (χ1v) is 14.0. The first-order valence-electron chi connectivity index (χ1n) is 13.6. The largest absolute Gasteiger partial charge is 0.439 e. The van der Waals surface area contributed by atoms with Crippen LogP contribution >= 0.6 is 12.2 Å². The zero-order valence-corrected chi connectivity index (χ0v) is 22.5. The van der Waals surface area contributed by atoms with Crippen LogP contribution in [0.25, 0.3) is 0 Å². The monoisotopic (exact) mass is 515 g/mol. The van der Waals surface area contributed by atoms with Gasteiger partial charge in [0.15, 0.2) is 5.11 Å². The Morgan fingerprint density at radius 2 is 1.65 bits per heavy atom. The molecule has 6 nitrogen and oxygen atoms in total. The molecule has 2 fully saturated rings. The van der Waals surface area contributed by atoms with E-state index in [1.54, 1.807) is 0 Å². The van der Waals surface area contributed by atoms with Gasteiger partial charge in [-0.25, -0.2) is 0 Å². The van der Waals surface area contributed by atoms with Crippen molar-refractivity contribution in [2.24, 2.45) is 5.92 Å². The zero-order chi connectivity index (χ0) is 25.5. The van der Waals surface area contributed by atoms with Crippen molar-refractivity contribution in [1.82, 2.24) is 15.3 Å². The predicted octanol–water partition coefficient (Wildman–Crippen LogP) is 6.69. The number of para-hydroxylation sites is 1.